The molecule has 2 aromatic rings. The molecule has 5 nitrogen and oxygen atoms in total. The van der Waals surface area contributed by atoms with E-state index in [1.165, 1.54) is 11.3 Å². The van der Waals surface area contributed by atoms with Gasteiger partial charge in [-0.3, -0.25) is 5.43 Å². The summed E-state index contributed by atoms with van der Waals surface area (Å²) in [6.07, 6.45) is 1.81. The van der Waals surface area contributed by atoms with Gasteiger partial charge in [-0.05, 0) is 48.6 Å². The van der Waals surface area contributed by atoms with Crippen molar-refractivity contribution in [2.45, 2.75) is 20.0 Å². The molecule has 0 radical (unpaired) electrons. The third-order valence-electron chi connectivity index (χ3n) is 2.28. The van der Waals surface area contributed by atoms with Gasteiger partial charge in [-0.2, -0.15) is 5.10 Å². The van der Waals surface area contributed by atoms with Crippen molar-refractivity contribution >= 4 is 67.0 Å². The van der Waals surface area contributed by atoms with E-state index in [0.29, 0.717) is 10.9 Å². The first-order valence-electron chi connectivity index (χ1n) is 6.11. The molecule has 0 atom stereocenters. The van der Waals surface area contributed by atoms with Crippen LogP contribution in [0.5, 0.6) is 5.75 Å². The molecule has 3 N–H and O–H groups in total. The molecule has 0 saturated heterocycles. The molecular weight excluding hydrogens is 467 g/mol. The fraction of sp³-hybridized carbons (Fsp3) is 0.231. The molecule has 2 rings (SSSR count). The fourth-order valence-corrected chi connectivity index (χ4v) is 3.76. The van der Waals surface area contributed by atoms with Crippen LogP contribution in [0, 0.1) is 3.57 Å². The third kappa shape index (κ3) is 4.82. The highest BCUT2D eigenvalue weighted by atomic mass is 127. The summed E-state index contributed by atoms with van der Waals surface area (Å²) in [6, 6.07) is 3.96. The van der Waals surface area contributed by atoms with Gasteiger partial charge in [0, 0.05) is 15.4 Å². The second kappa shape index (κ2) is 7.41. The number of hydrogen-bond acceptors (Lipinski definition) is 6. The van der Waals surface area contributed by atoms with Crippen molar-refractivity contribution in [1.82, 2.24) is 4.98 Å². The maximum atomic E-state index is 5.86. The number of nitrogen functional groups attached to an aromatic ring is 1. The molecule has 0 saturated carbocycles. The number of hydrogen-bond donors (Lipinski definition) is 2. The number of thiazole rings is 1. The summed E-state index contributed by atoms with van der Waals surface area (Å²) in [7, 11) is 0. The molecule has 0 spiro atoms. The van der Waals surface area contributed by atoms with Gasteiger partial charge in [0.05, 0.1) is 15.9 Å². The fourth-order valence-electron chi connectivity index (χ4n) is 1.53. The summed E-state index contributed by atoms with van der Waals surface area (Å²) in [6.45, 7) is 3.99. The summed E-state index contributed by atoms with van der Waals surface area (Å²) >= 11 is 7.13. The minimum absolute atomic E-state index is 0.0959. The Morgan fingerprint density at radius 3 is 2.90 bits per heavy atom. The Hall–Kier alpha value is -0.870. The maximum absolute atomic E-state index is 5.86. The molecule has 21 heavy (non-hydrogen) atoms. The van der Waals surface area contributed by atoms with Crippen LogP contribution in [0.1, 0.15) is 19.4 Å². The van der Waals surface area contributed by atoms with Crippen LogP contribution in [-0.4, -0.2) is 17.3 Å². The summed E-state index contributed by atoms with van der Waals surface area (Å²) < 4.78 is 7.86. The number of nitrogens with one attached hydrogen (secondary N) is 1. The Labute approximate surface area is 149 Å². The molecular formula is C13H14BrIN4OS. The van der Waals surface area contributed by atoms with E-state index in [0.717, 1.165) is 19.4 Å². The Bertz CT molecular complexity index is 660. The topological polar surface area (TPSA) is 72.5 Å². The predicted molar refractivity (Wildman–Crippen MR) is 100 cm³/mol. The second-order valence-electron chi connectivity index (χ2n) is 4.42. The number of aromatic nitrogens is 1. The van der Waals surface area contributed by atoms with Crippen molar-refractivity contribution in [3.63, 3.8) is 0 Å². The zero-order valence-electron chi connectivity index (χ0n) is 11.4. The van der Waals surface area contributed by atoms with Gasteiger partial charge in [0.15, 0.2) is 0 Å². The molecule has 0 bridgehead atoms. The van der Waals surface area contributed by atoms with Gasteiger partial charge in [-0.1, -0.05) is 15.9 Å². The Kier molecular flexibility index (Phi) is 5.82. The van der Waals surface area contributed by atoms with Crippen LogP contribution in [0.15, 0.2) is 27.1 Å². The summed E-state index contributed by atoms with van der Waals surface area (Å²) in [4.78, 5) is 4.08. The van der Waals surface area contributed by atoms with Crippen molar-refractivity contribution in [2.24, 2.45) is 5.10 Å². The van der Waals surface area contributed by atoms with Crippen molar-refractivity contribution in [3.05, 3.63) is 31.1 Å². The number of benzene rings is 1. The lowest BCUT2D eigenvalue weighted by atomic mass is 10.2. The van der Waals surface area contributed by atoms with E-state index in [9.17, 15) is 0 Å². The number of nitrogens with two attached hydrogens (primary N) is 1. The minimum Gasteiger partial charge on any atom is -0.489 e. The molecule has 0 aliphatic carbocycles. The van der Waals surface area contributed by atoms with Gasteiger partial charge in [0.1, 0.15) is 11.6 Å². The molecule has 1 aromatic carbocycles. The second-order valence-corrected chi connectivity index (χ2v) is 7.36. The molecule has 0 unspecified atom stereocenters. The lowest BCUT2D eigenvalue weighted by molar-refractivity contribution is 0.240. The number of anilines is 2. The van der Waals surface area contributed by atoms with Gasteiger partial charge in [0.2, 0.25) is 5.13 Å². The van der Waals surface area contributed by atoms with E-state index in [-0.39, 0.29) is 6.10 Å². The van der Waals surface area contributed by atoms with Crippen molar-refractivity contribution < 1.29 is 4.74 Å². The van der Waals surface area contributed by atoms with Gasteiger partial charge in [-0.15, -0.1) is 11.3 Å². The molecule has 0 amide bonds. The zero-order valence-corrected chi connectivity index (χ0v) is 16.0. The van der Waals surface area contributed by atoms with Gasteiger partial charge in [-0.25, -0.2) is 4.98 Å². The van der Waals surface area contributed by atoms with Crippen LogP contribution in [-0.2, 0) is 0 Å². The van der Waals surface area contributed by atoms with Crippen molar-refractivity contribution in [1.29, 1.82) is 0 Å². The number of halogens is 2. The number of rotatable bonds is 5. The molecule has 112 valence electrons. The molecule has 8 heteroatoms. The number of nitrogens with zero attached hydrogens (tertiary/aromatic N) is 2. The largest absolute Gasteiger partial charge is 0.489 e. The van der Waals surface area contributed by atoms with Crippen LogP contribution in [0.2, 0.25) is 0 Å². The highest BCUT2D eigenvalue weighted by Crippen LogP contribution is 2.29. The summed E-state index contributed by atoms with van der Waals surface area (Å²) in [5.74, 6) is 1.30. The van der Waals surface area contributed by atoms with Gasteiger partial charge in [0.25, 0.3) is 0 Å². The van der Waals surface area contributed by atoms with E-state index in [1.54, 1.807) is 11.6 Å². The first-order valence-corrected chi connectivity index (χ1v) is 8.86. The van der Waals surface area contributed by atoms with Crippen LogP contribution in [0.4, 0.5) is 10.9 Å². The normalized spacial score (nSPS) is 11.3. The highest BCUT2D eigenvalue weighted by Gasteiger charge is 2.10. The van der Waals surface area contributed by atoms with Crippen LogP contribution < -0.4 is 15.9 Å². The molecule has 1 heterocycles. The number of hydrazone groups is 1. The average molecular weight is 481 g/mol. The van der Waals surface area contributed by atoms with E-state index in [1.807, 2.05) is 26.0 Å². The van der Waals surface area contributed by atoms with E-state index in [2.05, 4.69) is 54.0 Å². The Morgan fingerprint density at radius 1 is 1.52 bits per heavy atom. The Morgan fingerprint density at radius 2 is 2.29 bits per heavy atom. The molecule has 0 aliphatic rings. The van der Waals surface area contributed by atoms with E-state index in [4.69, 9.17) is 10.5 Å². The van der Waals surface area contributed by atoms with Crippen molar-refractivity contribution in [3.8, 4) is 5.75 Å². The summed E-state index contributed by atoms with van der Waals surface area (Å²) in [5, 5.41) is 6.60. The first kappa shape index (κ1) is 16.5. The smallest absolute Gasteiger partial charge is 0.205 e. The minimum atomic E-state index is 0.0959. The molecule has 0 aliphatic heterocycles. The maximum Gasteiger partial charge on any atom is 0.205 e. The van der Waals surface area contributed by atoms with Crippen LogP contribution >= 0.6 is 49.9 Å². The standard InChI is InChI=1S/C13H14BrIN4OS/c1-7(2)20-12-8(3-9(14)4-10(12)15)5-17-19-13-18-11(16)6-21-13/h3-7H,16H2,1-2H3,(H,18,19). The van der Waals surface area contributed by atoms with E-state index < -0.39 is 0 Å². The number of ether oxygens (including phenoxy) is 1. The lowest BCUT2D eigenvalue weighted by Gasteiger charge is -2.14. The monoisotopic (exact) mass is 480 g/mol. The lowest BCUT2D eigenvalue weighted by Crippen LogP contribution is -2.09. The first-order chi connectivity index (χ1) is 9.95. The Balaban J connectivity index is 2.21. The third-order valence-corrected chi connectivity index (χ3v) is 4.30. The zero-order chi connectivity index (χ0) is 15.4. The van der Waals surface area contributed by atoms with Crippen LogP contribution in [0.3, 0.4) is 0 Å². The van der Waals surface area contributed by atoms with Crippen LogP contribution in [0.25, 0.3) is 0 Å². The van der Waals surface area contributed by atoms with Gasteiger partial charge >= 0.3 is 0 Å². The van der Waals surface area contributed by atoms with E-state index >= 15 is 0 Å². The molecule has 1 aromatic heterocycles. The predicted octanol–water partition coefficient (Wildman–Crippen LogP) is 4.33. The highest BCUT2D eigenvalue weighted by molar-refractivity contribution is 14.1. The van der Waals surface area contributed by atoms with Gasteiger partial charge < -0.3 is 10.5 Å². The average Bonchev–Trinajstić information content (AvgIpc) is 2.79. The molecule has 0 fully saturated rings. The quantitative estimate of drug-likeness (QED) is 0.379. The summed E-state index contributed by atoms with van der Waals surface area (Å²) in [5.41, 5.74) is 9.31. The van der Waals surface area contributed by atoms with Crippen molar-refractivity contribution in [2.75, 3.05) is 11.2 Å². The SMILES string of the molecule is CC(C)Oc1c(I)cc(Br)cc1C=NNc1nc(N)cs1.